The summed E-state index contributed by atoms with van der Waals surface area (Å²) < 4.78 is 5.56. The summed E-state index contributed by atoms with van der Waals surface area (Å²) in [6.07, 6.45) is 2.55. The molecule has 0 fully saturated rings. The predicted octanol–water partition coefficient (Wildman–Crippen LogP) is 3.63. The van der Waals surface area contributed by atoms with Gasteiger partial charge in [-0.2, -0.15) is 10.2 Å². The van der Waals surface area contributed by atoms with Crippen molar-refractivity contribution in [2.24, 2.45) is 5.10 Å². The first-order chi connectivity index (χ1) is 12.8. The molecule has 2 N–H and O–H groups in total. The van der Waals surface area contributed by atoms with E-state index in [2.05, 4.69) is 27.6 Å². The molecular weight excluding hydrogens is 328 g/mol. The van der Waals surface area contributed by atoms with E-state index < -0.39 is 0 Å². The summed E-state index contributed by atoms with van der Waals surface area (Å²) in [5.74, 6) is 0.471. The maximum atomic E-state index is 12.1. The fourth-order valence-corrected chi connectivity index (χ4v) is 2.29. The Labute approximate surface area is 151 Å². The van der Waals surface area contributed by atoms with E-state index in [1.54, 1.807) is 12.3 Å². The number of H-pyrrole nitrogens is 1. The predicted molar refractivity (Wildman–Crippen MR) is 101 cm³/mol. The Hall–Kier alpha value is -3.41. The van der Waals surface area contributed by atoms with E-state index >= 15 is 0 Å². The third-order valence-electron chi connectivity index (χ3n) is 3.62. The van der Waals surface area contributed by atoms with Crippen molar-refractivity contribution in [2.45, 2.75) is 13.3 Å². The molecule has 0 bridgehead atoms. The van der Waals surface area contributed by atoms with Crippen LogP contribution in [-0.2, 0) is 0 Å². The largest absolute Gasteiger partial charge is 0.494 e. The van der Waals surface area contributed by atoms with Gasteiger partial charge >= 0.3 is 0 Å². The molecule has 26 heavy (non-hydrogen) atoms. The Morgan fingerprint density at radius 1 is 1.19 bits per heavy atom. The molecule has 1 heterocycles. The number of nitrogens with zero attached hydrogens (tertiary/aromatic N) is 2. The van der Waals surface area contributed by atoms with Crippen LogP contribution in [0.3, 0.4) is 0 Å². The number of hydrogen-bond acceptors (Lipinski definition) is 4. The van der Waals surface area contributed by atoms with E-state index in [-0.39, 0.29) is 5.91 Å². The molecule has 2 aromatic carbocycles. The van der Waals surface area contributed by atoms with Gasteiger partial charge in [0.2, 0.25) is 0 Å². The number of benzene rings is 2. The molecule has 1 amide bonds. The summed E-state index contributed by atoms with van der Waals surface area (Å²) in [5.41, 5.74) is 5.32. The second kappa shape index (κ2) is 8.62. The van der Waals surface area contributed by atoms with E-state index in [0.717, 1.165) is 23.3 Å². The summed E-state index contributed by atoms with van der Waals surface area (Å²) in [4.78, 5) is 12.1. The molecule has 0 aliphatic carbocycles. The van der Waals surface area contributed by atoms with Crippen LogP contribution in [0.4, 0.5) is 0 Å². The molecule has 0 aliphatic heterocycles. The lowest BCUT2D eigenvalue weighted by atomic mass is 10.1. The maximum Gasteiger partial charge on any atom is 0.289 e. The van der Waals surface area contributed by atoms with Crippen molar-refractivity contribution < 1.29 is 9.53 Å². The van der Waals surface area contributed by atoms with Crippen LogP contribution in [0.2, 0.25) is 0 Å². The van der Waals surface area contributed by atoms with Crippen LogP contribution in [0.25, 0.3) is 11.3 Å². The Morgan fingerprint density at radius 2 is 1.96 bits per heavy atom. The molecular formula is C20H20N4O2. The Kier molecular flexibility index (Phi) is 5.77. The van der Waals surface area contributed by atoms with Gasteiger partial charge in [-0.15, -0.1) is 0 Å². The highest BCUT2D eigenvalue weighted by Gasteiger charge is 2.10. The molecule has 3 rings (SSSR count). The molecule has 0 unspecified atom stereocenters. The lowest BCUT2D eigenvalue weighted by molar-refractivity contribution is 0.0950. The second-order valence-corrected chi connectivity index (χ2v) is 5.65. The lowest BCUT2D eigenvalue weighted by Crippen LogP contribution is -2.17. The number of rotatable bonds is 7. The molecule has 6 nitrogen and oxygen atoms in total. The number of carbonyl (C=O) groups excluding carboxylic acids is 1. The van der Waals surface area contributed by atoms with Gasteiger partial charge in [-0.1, -0.05) is 37.3 Å². The van der Waals surface area contributed by atoms with E-state index in [0.29, 0.717) is 18.0 Å². The molecule has 1 aromatic heterocycles. The number of nitrogens with one attached hydrogen (secondary N) is 2. The number of aromatic amines is 1. The fourth-order valence-electron chi connectivity index (χ4n) is 2.29. The van der Waals surface area contributed by atoms with Gasteiger partial charge in [-0.25, -0.2) is 5.43 Å². The van der Waals surface area contributed by atoms with Crippen molar-refractivity contribution in [1.82, 2.24) is 15.6 Å². The summed E-state index contributed by atoms with van der Waals surface area (Å²) in [6.45, 7) is 2.75. The molecule has 6 heteroatoms. The average Bonchev–Trinajstić information content (AvgIpc) is 3.18. The molecule has 0 spiro atoms. The topological polar surface area (TPSA) is 79.4 Å². The SMILES string of the molecule is CCCOc1ccc(-c2cc(C(=O)N/N=C\c3ccccc3)[nH]n2)cc1. The van der Waals surface area contributed by atoms with Crippen LogP contribution in [-0.4, -0.2) is 28.9 Å². The summed E-state index contributed by atoms with van der Waals surface area (Å²) in [7, 11) is 0. The first-order valence-corrected chi connectivity index (χ1v) is 8.43. The van der Waals surface area contributed by atoms with E-state index in [9.17, 15) is 4.79 Å². The zero-order valence-electron chi connectivity index (χ0n) is 14.5. The maximum absolute atomic E-state index is 12.1. The number of aromatic nitrogens is 2. The van der Waals surface area contributed by atoms with Crippen LogP contribution in [0.15, 0.2) is 65.8 Å². The van der Waals surface area contributed by atoms with Gasteiger partial charge in [0.15, 0.2) is 0 Å². The smallest absolute Gasteiger partial charge is 0.289 e. The summed E-state index contributed by atoms with van der Waals surface area (Å²) in [5, 5.41) is 10.9. The average molecular weight is 348 g/mol. The van der Waals surface area contributed by atoms with Gasteiger partial charge in [0.1, 0.15) is 11.4 Å². The highest BCUT2D eigenvalue weighted by Crippen LogP contribution is 2.21. The molecule has 132 valence electrons. The zero-order chi connectivity index (χ0) is 18.2. The number of ether oxygens (including phenoxy) is 1. The first kappa shape index (κ1) is 17.4. The minimum Gasteiger partial charge on any atom is -0.494 e. The van der Waals surface area contributed by atoms with Crippen molar-refractivity contribution in [2.75, 3.05) is 6.61 Å². The minimum atomic E-state index is -0.348. The monoisotopic (exact) mass is 348 g/mol. The quantitative estimate of drug-likeness (QED) is 0.505. The minimum absolute atomic E-state index is 0.344. The highest BCUT2D eigenvalue weighted by atomic mass is 16.5. The molecule has 0 atom stereocenters. The van der Waals surface area contributed by atoms with Crippen molar-refractivity contribution >= 4 is 12.1 Å². The van der Waals surface area contributed by atoms with Gasteiger partial charge < -0.3 is 4.74 Å². The van der Waals surface area contributed by atoms with Gasteiger partial charge in [0.05, 0.1) is 18.5 Å². The molecule has 0 aliphatic rings. The summed E-state index contributed by atoms with van der Waals surface area (Å²) >= 11 is 0. The van der Waals surface area contributed by atoms with E-state index in [1.165, 1.54) is 0 Å². The lowest BCUT2D eigenvalue weighted by Gasteiger charge is -2.04. The number of carbonyl (C=O) groups is 1. The van der Waals surface area contributed by atoms with Crippen molar-refractivity contribution in [3.63, 3.8) is 0 Å². The van der Waals surface area contributed by atoms with Crippen LogP contribution in [0, 0.1) is 0 Å². The number of amides is 1. The first-order valence-electron chi connectivity index (χ1n) is 8.43. The third-order valence-corrected chi connectivity index (χ3v) is 3.62. The van der Waals surface area contributed by atoms with Crippen molar-refractivity contribution in [3.05, 3.63) is 71.9 Å². The Balaban J connectivity index is 1.61. The standard InChI is InChI=1S/C20H20N4O2/c1-2-12-26-17-10-8-16(9-11-17)18-13-19(23-22-18)20(25)24-21-14-15-6-4-3-5-7-15/h3-11,13-14H,2,12H2,1H3,(H,22,23)(H,24,25)/b21-14-. The molecule has 3 aromatic rings. The van der Waals surface area contributed by atoms with Crippen molar-refractivity contribution in [1.29, 1.82) is 0 Å². The van der Waals surface area contributed by atoms with Crippen LogP contribution in [0.1, 0.15) is 29.4 Å². The molecule has 0 saturated heterocycles. The normalized spacial score (nSPS) is 10.8. The Bertz CT molecular complexity index is 870. The van der Waals surface area contributed by atoms with Crippen LogP contribution in [0.5, 0.6) is 5.75 Å². The van der Waals surface area contributed by atoms with Crippen LogP contribution >= 0.6 is 0 Å². The van der Waals surface area contributed by atoms with Crippen LogP contribution < -0.4 is 10.2 Å². The fraction of sp³-hybridized carbons (Fsp3) is 0.150. The third kappa shape index (κ3) is 4.57. The van der Waals surface area contributed by atoms with Crippen molar-refractivity contribution in [3.8, 4) is 17.0 Å². The number of hydrazone groups is 1. The highest BCUT2D eigenvalue weighted by molar-refractivity contribution is 5.94. The van der Waals surface area contributed by atoms with Gasteiger partial charge in [0.25, 0.3) is 5.91 Å². The van der Waals surface area contributed by atoms with Gasteiger partial charge in [-0.3, -0.25) is 9.89 Å². The zero-order valence-corrected chi connectivity index (χ0v) is 14.5. The summed E-state index contributed by atoms with van der Waals surface area (Å²) in [6, 6.07) is 18.8. The number of hydrogen-bond donors (Lipinski definition) is 2. The van der Waals surface area contributed by atoms with E-state index in [4.69, 9.17) is 4.74 Å². The second-order valence-electron chi connectivity index (χ2n) is 5.65. The Morgan fingerprint density at radius 3 is 2.69 bits per heavy atom. The molecule has 0 saturated carbocycles. The molecule has 0 radical (unpaired) electrons. The van der Waals surface area contributed by atoms with Gasteiger partial charge in [0, 0.05) is 5.56 Å². The van der Waals surface area contributed by atoms with E-state index in [1.807, 2.05) is 54.6 Å². The van der Waals surface area contributed by atoms with Gasteiger partial charge in [-0.05, 0) is 42.3 Å².